The van der Waals surface area contributed by atoms with Gasteiger partial charge in [-0.2, -0.15) is 18.3 Å². The van der Waals surface area contributed by atoms with Crippen LogP contribution in [0.15, 0.2) is 36.7 Å². The molecule has 0 spiro atoms. The molecule has 2 saturated heterocycles. The number of halogens is 5. The van der Waals surface area contributed by atoms with Crippen LogP contribution in [0.3, 0.4) is 0 Å². The summed E-state index contributed by atoms with van der Waals surface area (Å²) in [6.45, 7) is -0.754. The Kier molecular flexibility index (Phi) is 5.09. The number of alkyl halides is 3. The van der Waals surface area contributed by atoms with E-state index >= 15 is 0 Å². The number of carbonyl (C=O) groups is 1. The second-order valence-corrected chi connectivity index (χ2v) is 8.07. The van der Waals surface area contributed by atoms with Crippen LogP contribution in [0.25, 0.3) is 5.65 Å². The Morgan fingerprint density at radius 3 is 2.70 bits per heavy atom. The summed E-state index contributed by atoms with van der Waals surface area (Å²) in [7, 11) is 0. The van der Waals surface area contributed by atoms with Crippen LogP contribution in [0.5, 0.6) is 0 Å². The van der Waals surface area contributed by atoms with Crippen molar-refractivity contribution in [3.05, 3.63) is 53.9 Å². The third kappa shape index (κ3) is 3.93. The van der Waals surface area contributed by atoms with Crippen LogP contribution < -0.4 is 9.80 Å². The molecule has 4 heterocycles. The van der Waals surface area contributed by atoms with Crippen molar-refractivity contribution in [3.63, 3.8) is 0 Å². The van der Waals surface area contributed by atoms with Crippen molar-refractivity contribution in [3.8, 4) is 0 Å². The lowest BCUT2D eigenvalue weighted by atomic mass is 10.0. The Morgan fingerprint density at radius 1 is 1.09 bits per heavy atom. The van der Waals surface area contributed by atoms with Gasteiger partial charge >= 0.3 is 12.2 Å². The van der Waals surface area contributed by atoms with Gasteiger partial charge in [-0.05, 0) is 37.1 Å². The van der Waals surface area contributed by atoms with Crippen LogP contribution in [0, 0.1) is 11.6 Å². The van der Waals surface area contributed by atoms with Gasteiger partial charge in [-0.3, -0.25) is 4.90 Å². The van der Waals surface area contributed by atoms with Crippen molar-refractivity contribution in [2.75, 3.05) is 36.0 Å². The maximum absolute atomic E-state index is 14.4. The lowest BCUT2D eigenvalue weighted by Crippen LogP contribution is -2.38. The highest BCUT2D eigenvalue weighted by Gasteiger charge is 2.39. The number of nitrogens with zero attached hydrogens (tertiary/aromatic N) is 6. The first-order valence-corrected chi connectivity index (χ1v) is 10.4. The van der Waals surface area contributed by atoms with Gasteiger partial charge in [0.05, 0.1) is 12.2 Å². The highest BCUT2D eigenvalue weighted by molar-refractivity contribution is 5.97. The molecule has 0 radical (unpaired) electrons. The molecular weight excluding hydrogens is 447 g/mol. The first-order valence-electron chi connectivity index (χ1n) is 10.4. The highest BCUT2D eigenvalue weighted by atomic mass is 19.4. The maximum atomic E-state index is 14.4. The van der Waals surface area contributed by atoms with Gasteiger partial charge in [0.15, 0.2) is 5.65 Å². The van der Waals surface area contributed by atoms with E-state index < -0.39 is 36.4 Å². The van der Waals surface area contributed by atoms with E-state index in [4.69, 9.17) is 0 Å². The van der Waals surface area contributed by atoms with Gasteiger partial charge in [0.1, 0.15) is 29.7 Å². The number of amides is 2. The van der Waals surface area contributed by atoms with Crippen LogP contribution in [-0.2, 0) is 0 Å². The van der Waals surface area contributed by atoms with E-state index in [0.29, 0.717) is 30.1 Å². The molecule has 7 nitrogen and oxygen atoms in total. The smallest absolute Gasteiger partial charge is 0.349 e. The number of rotatable bonds is 4. The predicted molar refractivity (Wildman–Crippen MR) is 109 cm³/mol. The van der Waals surface area contributed by atoms with E-state index in [2.05, 4.69) is 10.1 Å². The molecule has 2 aliphatic rings. The molecule has 5 rings (SSSR count). The van der Waals surface area contributed by atoms with E-state index in [1.54, 1.807) is 12.3 Å². The molecule has 12 heteroatoms. The number of aromatic nitrogens is 3. The maximum Gasteiger partial charge on any atom is 0.406 e. The Morgan fingerprint density at radius 2 is 1.91 bits per heavy atom. The zero-order valence-electron chi connectivity index (χ0n) is 17.3. The number of hydrogen-bond acceptors (Lipinski definition) is 4. The van der Waals surface area contributed by atoms with E-state index in [0.717, 1.165) is 23.5 Å². The molecule has 33 heavy (non-hydrogen) atoms. The topological polar surface area (TPSA) is 57.0 Å². The second kappa shape index (κ2) is 7.85. The number of benzene rings is 1. The standard InChI is InChI=1S/C21H19F5N6O/c22-13-3-4-15(23)14(10-13)16-2-1-6-30(16)18-5-7-32-19(28-18)17(11-27-32)31-9-8-29(20(31)33)12-21(24,25)26/h3-5,7,10-11,16H,1-2,6,8-9,12H2/t16-/m1/s1. The second-order valence-electron chi connectivity index (χ2n) is 8.07. The Hall–Kier alpha value is -3.44. The molecule has 3 aromatic rings. The minimum absolute atomic E-state index is 0.0670. The fraction of sp³-hybridized carbons (Fsp3) is 0.381. The molecule has 0 saturated carbocycles. The van der Waals surface area contributed by atoms with Gasteiger partial charge in [-0.1, -0.05) is 0 Å². The zero-order valence-corrected chi connectivity index (χ0v) is 17.3. The Balaban J connectivity index is 1.46. The third-order valence-electron chi connectivity index (χ3n) is 5.96. The van der Waals surface area contributed by atoms with Gasteiger partial charge in [-0.25, -0.2) is 23.1 Å². The van der Waals surface area contributed by atoms with Crippen LogP contribution in [0.2, 0.25) is 0 Å². The van der Waals surface area contributed by atoms with Gasteiger partial charge in [0, 0.05) is 31.4 Å². The fourth-order valence-corrected chi connectivity index (χ4v) is 4.50. The summed E-state index contributed by atoms with van der Waals surface area (Å²) >= 11 is 0. The summed E-state index contributed by atoms with van der Waals surface area (Å²) in [5.74, 6) is -0.559. The molecule has 0 unspecified atom stereocenters. The van der Waals surface area contributed by atoms with E-state index in [1.807, 2.05) is 4.90 Å². The normalized spacial score (nSPS) is 19.4. The summed E-state index contributed by atoms with van der Waals surface area (Å²) in [5, 5.41) is 4.16. The SMILES string of the molecule is O=C1N(CC(F)(F)F)CCN1c1cnn2ccc(N3CCC[C@@H]3c3cc(F)ccc3F)nc12. The third-order valence-corrected chi connectivity index (χ3v) is 5.96. The van der Waals surface area contributed by atoms with E-state index in [-0.39, 0.29) is 18.7 Å². The van der Waals surface area contributed by atoms with Crippen molar-refractivity contribution in [1.29, 1.82) is 0 Å². The summed E-state index contributed by atoms with van der Waals surface area (Å²) in [5.41, 5.74) is 0.819. The number of urea groups is 1. The number of anilines is 2. The quantitative estimate of drug-likeness (QED) is 0.542. The van der Waals surface area contributed by atoms with Crippen LogP contribution in [-0.4, -0.2) is 57.9 Å². The van der Waals surface area contributed by atoms with Crippen molar-refractivity contribution in [2.24, 2.45) is 0 Å². The first-order chi connectivity index (χ1) is 15.7. The van der Waals surface area contributed by atoms with Crippen LogP contribution >= 0.6 is 0 Å². The molecule has 0 bridgehead atoms. The molecule has 2 fully saturated rings. The Bertz CT molecular complexity index is 1210. The number of fused-ring (bicyclic) bond motifs is 1. The lowest BCUT2D eigenvalue weighted by Gasteiger charge is -2.26. The van der Waals surface area contributed by atoms with Gasteiger partial charge in [-0.15, -0.1) is 0 Å². The summed E-state index contributed by atoms with van der Waals surface area (Å²) in [6.07, 6.45) is -0.135. The number of carbonyl (C=O) groups excluding carboxylic acids is 1. The van der Waals surface area contributed by atoms with E-state index in [9.17, 15) is 26.7 Å². The van der Waals surface area contributed by atoms with Crippen molar-refractivity contribution in [2.45, 2.75) is 25.1 Å². The predicted octanol–water partition coefficient (Wildman–Crippen LogP) is 4.15. The molecule has 1 aromatic carbocycles. The molecule has 0 N–H and O–H groups in total. The largest absolute Gasteiger partial charge is 0.406 e. The minimum Gasteiger partial charge on any atom is -0.349 e. The first kappa shape index (κ1) is 21.4. The lowest BCUT2D eigenvalue weighted by molar-refractivity contribution is -0.138. The van der Waals surface area contributed by atoms with Gasteiger partial charge < -0.3 is 9.80 Å². The van der Waals surface area contributed by atoms with Crippen molar-refractivity contribution in [1.82, 2.24) is 19.5 Å². The Labute approximate surface area is 185 Å². The molecule has 2 amide bonds. The van der Waals surface area contributed by atoms with Crippen molar-refractivity contribution >= 4 is 23.2 Å². The summed E-state index contributed by atoms with van der Waals surface area (Å²) in [4.78, 5) is 21.0. The van der Waals surface area contributed by atoms with Crippen LogP contribution in [0.4, 0.5) is 38.3 Å². The zero-order chi connectivity index (χ0) is 23.3. The highest BCUT2D eigenvalue weighted by Crippen LogP contribution is 2.37. The molecule has 2 aliphatic heterocycles. The average molecular weight is 466 g/mol. The van der Waals surface area contributed by atoms with E-state index in [1.165, 1.54) is 21.7 Å². The summed E-state index contributed by atoms with van der Waals surface area (Å²) < 4.78 is 67.9. The molecule has 1 atom stereocenters. The molecular formula is C21H19F5N6O. The fourth-order valence-electron chi connectivity index (χ4n) is 4.50. The molecule has 0 aliphatic carbocycles. The number of hydrogen-bond donors (Lipinski definition) is 0. The monoisotopic (exact) mass is 466 g/mol. The van der Waals surface area contributed by atoms with Crippen LogP contribution in [0.1, 0.15) is 24.4 Å². The minimum atomic E-state index is -4.49. The molecule has 174 valence electrons. The van der Waals surface area contributed by atoms with Gasteiger partial charge in [0.2, 0.25) is 0 Å². The van der Waals surface area contributed by atoms with Gasteiger partial charge in [0.25, 0.3) is 0 Å². The summed E-state index contributed by atoms with van der Waals surface area (Å²) in [6, 6.07) is 3.84. The molecule has 2 aromatic heterocycles. The van der Waals surface area contributed by atoms with Crippen molar-refractivity contribution < 1.29 is 26.7 Å². The average Bonchev–Trinajstić information content (AvgIpc) is 3.48.